The molecule has 0 aromatic heterocycles. The molecule has 1 heterocycles. The zero-order valence-corrected chi connectivity index (χ0v) is 17.7. The molecule has 0 saturated carbocycles. The second-order valence-corrected chi connectivity index (χ2v) is 7.52. The highest BCUT2D eigenvalue weighted by atomic mass is 19.4. The molecule has 0 unspecified atom stereocenters. The van der Waals surface area contributed by atoms with Gasteiger partial charge in [-0.2, -0.15) is 22.0 Å². The molecule has 0 spiro atoms. The van der Waals surface area contributed by atoms with Crippen molar-refractivity contribution < 1.29 is 49.7 Å². The molecule has 0 radical (unpaired) electrons. The molecule has 1 aliphatic rings. The van der Waals surface area contributed by atoms with Gasteiger partial charge in [-0.1, -0.05) is 18.2 Å². The summed E-state index contributed by atoms with van der Waals surface area (Å²) in [7, 11) is 0. The number of rotatable bonds is 9. The van der Waals surface area contributed by atoms with Crippen LogP contribution >= 0.6 is 0 Å². The molecule has 1 aliphatic heterocycles. The molecule has 0 atom stereocenters. The van der Waals surface area contributed by atoms with Crippen LogP contribution in [-0.2, 0) is 26.5 Å². The van der Waals surface area contributed by atoms with Gasteiger partial charge in [0.05, 0.1) is 32.0 Å². The summed E-state index contributed by atoms with van der Waals surface area (Å²) in [5.41, 5.74) is -2.44. The van der Waals surface area contributed by atoms with Crippen LogP contribution in [0.1, 0.15) is 29.4 Å². The highest BCUT2D eigenvalue weighted by Gasteiger charge is 2.40. The van der Waals surface area contributed by atoms with Crippen LogP contribution in [0.3, 0.4) is 0 Å². The van der Waals surface area contributed by atoms with Gasteiger partial charge in [0, 0.05) is 23.6 Å². The Balaban J connectivity index is 1.61. The molecule has 186 valence electrons. The standard InChI is InChI=1S/C23H21F7O4/c1-2-3-8-31-11-14-12-32-21(33-13-14)15-4-6-16(7-5-15)23(29,30)34-17-9-18(24)20(19(25)10-17)22(26,27)28/h2,4-7,9-10,14,21H,1,3,8,11-13H2. The maximum absolute atomic E-state index is 14.5. The molecule has 1 fully saturated rings. The summed E-state index contributed by atoms with van der Waals surface area (Å²) in [6.45, 7) is 5.25. The van der Waals surface area contributed by atoms with E-state index in [4.69, 9.17) is 14.2 Å². The first kappa shape index (κ1) is 26.0. The van der Waals surface area contributed by atoms with Gasteiger partial charge in [0.15, 0.2) is 6.29 Å². The molecule has 1 saturated heterocycles. The summed E-state index contributed by atoms with van der Waals surface area (Å²) in [5.74, 6) is -5.21. The van der Waals surface area contributed by atoms with Crippen molar-refractivity contribution in [3.63, 3.8) is 0 Å². The molecule has 2 aromatic rings. The molecule has 0 N–H and O–H groups in total. The Morgan fingerprint density at radius 3 is 2.09 bits per heavy atom. The smallest absolute Gasteiger partial charge is 0.426 e. The van der Waals surface area contributed by atoms with Crippen molar-refractivity contribution in [1.82, 2.24) is 0 Å². The molecular formula is C23H21F7O4. The predicted molar refractivity (Wildman–Crippen MR) is 106 cm³/mol. The monoisotopic (exact) mass is 494 g/mol. The number of halogens is 7. The zero-order valence-electron chi connectivity index (χ0n) is 17.7. The van der Waals surface area contributed by atoms with Crippen LogP contribution in [0, 0.1) is 17.6 Å². The van der Waals surface area contributed by atoms with Gasteiger partial charge in [-0.3, -0.25) is 0 Å². The summed E-state index contributed by atoms with van der Waals surface area (Å²) in [6.07, 6.45) is -7.74. The molecule has 3 rings (SSSR count). The van der Waals surface area contributed by atoms with Crippen molar-refractivity contribution in [2.45, 2.75) is 25.0 Å². The Kier molecular flexibility index (Phi) is 8.21. The fourth-order valence-electron chi connectivity index (χ4n) is 3.17. The molecule has 4 nitrogen and oxygen atoms in total. The van der Waals surface area contributed by atoms with Gasteiger partial charge in [-0.15, -0.1) is 6.58 Å². The third-order valence-corrected chi connectivity index (χ3v) is 4.85. The second-order valence-electron chi connectivity index (χ2n) is 7.52. The number of benzene rings is 2. The first-order valence-electron chi connectivity index (χ1n) is 10.2. The Morgan fingerprint density at radius 2 is 1.56 bits per heavy atom. The van der Waals surface area contributed by atoms with Crippen molar-refractivity contribution in [1.29, 1.82) is 0 Å². The summed E-state index contributed by atoms with van der Waals surface area (Å²) >= 11 is 0. The van der Waals surface area contributed by atoms with Crippen molar-refractivity contribution in [3.05, 3.63) is 77.4 Å². The topological polar surface area (TPSA) is 36.9 Å². The lowest BCUT2D eigenvalue weighted by Gasteiger charge is -2.29. The van der Waals surface area contributed by atoms with Gasteiger partial charge in [0.2, 0.25) is 0 Å². The number of alkyl halides is 5. The van der Waals surface area contributed by atoms with E-state index in [-0.39, 0.29) is 18.1 Å². The minimum Gasteiger partial charge on any atom is -0.429 e. The van der Waals surface area contributed by atoms with Crippen LogP contribution in [0.15, 0.2) is 49.1 Å². The molecule has 0 bridgehead atoms. The van der Waals surface area contributed by atoms with E-state index in [0.717, 1.165) is 18.6 Å². The fraction of sp³-hybridized carbons (Fsp3) is 0.391. The van der Waals surface area contributed by atoms with E-state index < -0.39 is 47.1 Å². The normalized spacial score (nSPS) is 19.1. The van der Waals surface area contributed by atoms with E-state index in [1.807, 2.05) is 0 Å². The van der Waals surface area contributed by atoms with Crippen LogP contribution in [0.4, 0.5) is 30.7 Å². The summed E-state index contributed by atoms with van der Waals surface area (Å²) < 4.78 is 115. The minimum atomic E-state index is -5.33. The van der Waals surface area contributed by atoms with E-state index in [1.165, 1.54) is 12.1 Å². The van der Waals surface area contributed by atoms with Crippen molar-refractivity contribution in [3.8, 4) is 5.75 Å². The first-order valence-corrected chi connectivity index (χ1v) is 10.2. The average Bonchev–Trinajstić information content (AvgIpc) is 2.75. The molecule has 0 aliphatic carbocycles. The van der Waals surface area contributed by atoms with E-state index in [0.29, 0.717) is 32.0 Å². The number of hydrogen-bond donors (Lipinski definition) is 0. The predicted octanol–water partition coefficient (Wildman–Crippen LogP) is 6.37. The summed E-state index contributed by atoms with van der Waals surface area (Å²) in [5, 5.41) is 0. The highest BCUT2D eigenvalue weighted by Crippen LogP contribution is 2.38. The highest BCUT2D eigenvalue weighted by molar-refractivity contribution is 5.33. The van der Waals surface area contributed by atoms with Gasteiger partial charge in [-0.05, 0) is 18.6 Å². The Hall–Kier alpha value is -2.63. The summed E-state index contributed by atoms with van der Waals surface area (Å²) in [4.78, 5) is 0. The second kappa shape index (κ2) is 10.7. The van der Waals surface area contributed by atoms with Crippen LogP contribution in [0.5, 0.6) is 5.75 Å². The molecule has 34 heavy (non-hydrogen) atoms. The lowest BCUT2D eigenvalue weighted by atomic mass is 10.1. The minimum absolute atomic E-state index is 0.0163. The molecule has 0 amide bonds. The van der Waals surface area contributed by atoms with Gasteiger partial charge >= 0.3 is 12.3 Å². The third kappa shape index (κ3) is 6.49. The van der Waals surface area contributed by atoms with Gasteiger partial charge < -0.3 is 18.9 Å². The van der Waals surface area contributed by atoms with Crippen LogP contribution in [0.2, 0.25) is 0 Å². The lowest BCUT2D eigenvalue weighted by Crippen LogP contribution is -2.30. The maximum atomic E-state index is 14.5. The first-order chi connectivity index (χ1) is 16.0. The van der Waals surface area contributed by atoms with Crippen LogP contribution < -0.4 is 4.74 Å². The zero-order chi connectivity index (χ0) is 24.9. The largest absolute Gasteiger partial charge is 0.429 e. The van der Waals surface area contributed by atoms with E-state index in [9.17, 15) is 30.7 Å². The molecular weight excluding hydrogens is 473 g/mol. The average molecular weight is 494 g/mol. The molecule has 11 heteroatoms. The van der Waals surface area contributed by atoms with E-state index >= 15 is 0 Å². The van der Waals surface area contributed by atoms with Gasteiger partial charge in [-0.25, -0.2) is 8.78 Å². The van der Waals surface area contributed by atoms with E-state index in [1.54, 1.807) is 6.08 Å². The van der Waals surface area contributed by atoms with Gasteiger partial charge in [0.1, 0.15) is 22.9 Å². The van der Waals surface area contributed by atoms with Crippen LogP contribution in [-0.4, -0.2) is 26.4 Å². The van der Waals surface area contributed by atoms with E-state index in [2.05, 4.69) is 11.3 Å². The quantitative estimate of drug-likeness (QED) is 0.231. The summed E-state index contributed by atoms with van der Waals surface area (Å²) in [6, 6.07) is 4.68. The van der Waals surface area contributed by atoms with Crippen LogP contribution in [0.25, 0.3) is 0 Å². The maximum Gasteiger partial charge on any atom is 0.426 e. The van der Waals surface area contributed by atoms with Crippen molar-refractivity contribution in [2.24, 2.45) is 5.92 Å². The van der Waals surface area contributed by atoms with Crippen molar-refractivity contribution >= 4 is 0 Å². The third-order valence-electron chi connectivity index (χ3n) is 4.85. The number of ether oxygens (including phenoxy) is 4. The Labute approximate surface area is 190 Å². The Bertz CT molecular complexity index is 945. The van der Waals surface area contributed by atoms with Gasteiger partial charge in [0.25, 0.3) is 0 Å². The Morgan fingerprint density at radius 1 is 0.971 bits per heavy atom. The number of hydrogen-bond acceptors (Lipinski definition) is 4. The SMILES string of the molecule is C=CCCOCC1COC(c2ccc(C(F)(F)Oc3cc(F)c(C(F)(F)F)c(F)c3)cc2)OC1. The fourth-order valence-corrected chi connectivity index (χ4v) is 3.17. The lowest BCUT2D eigenvalue weighted by molar-refractivity contribution is -0.212. The molecule has 2 aromatic carbocycles. The van der Waals surface area contributed by atoms with Crippen molar-refractivity contribution in [2.75, 3.05) is 26.4 Å².